The molecular formula is C16H14BrClN2O. The van der Waals surface area contributed by atoms with Crippen LogP contribution in [0.1, 0.15) is 17.9 Å². The topological polar surface area (TPSA) is 41.1 Å². The molecule has 0 bridgehead atoms. The second kappa shape index (κ2) is 6.08. The average molecular weight is 366 g/mol. The minimum Gasteiger partial charge on any atom is -0.385 e. The Kier molecular flexibility index (Phi) is 4.17. The van der Waals surface area contributed by atoms with Crippen molar-refractivity contribution in [2.24, 2.45) is 0 Å². The van der Waals surface area contributed by atoms with E-state index in [2.05, 4.69) is 26.6 Å². The minimum absolute atomic E-state index is 0.00646. The molecule has 108 valence electrons. The Morgan fingerprint density at radius 2 is 2.10 bits per heavy atom. The van der Waals surface area contributed by atoms with E-state index in [1.54, 1.807) is 18.2 Å². The van der Waals surface area contributed by atoms with E-state index in [0.717, 1.165) is 34.4 Å². The molecule has 0 saturated heterocycles. The summed E-state index contributed by atoms with van der Waals surface area (Å²) in [5.74, 6) is -0.128. The Morgan fingerprint density at radius 1 is 1.29 bits per heavy atom. The largest absolute Gasteiger partial charge is 0.385 e. The van der Waals surface area contributed by atoms with Gasteiger partial charge in [-0.05, 0) is 52.2 Å². The van der Waals surface area contributed by atoms with Crippen molar-refractivity contribution in [3.05, 3.63) is 57.5 Å². The van der Waals surface area contributed by atoms with Gasteiger partial charge in [0.25, 0.3) is 0 Å². The van der Waals surface area contributed by atoms with Crippen LogP contribution in [-0.4, -0.2) is 12.5 Å². The van der Waals surface area contributed by atoms with Gasteiger partial charge >= 0.3 is 0 Å². The molecule has 0 spiro atoms. The van der Waals surface area contributed by atoms with E-state index in [4.69, 9.17) is 11.6 Å². The minimum atomic E-state index is -0.134. The molecule has 1 atom stereocenters. The smallest absolute Gasteiger partial charge is 0.232 e. The number of halogens is 2. The lowest BCUT2D eigenvalue weighted by Crippen LogP contribution is -2.27. The van der Waals surface area contributed by atoms with Crippen LogP contribution in [-0.2, 0) is 4.79 Å². The van der Waals surface area contributed by atoms with Crippen LogP contribution in [0.25, 0.3) is 0 Å². The maximum Gasteiger partial charge on any atom is 0.232 e. The zero-order chi connectivity index (χ0) is 14.8. The Balaban J connectivity index is 1.83. The van der Waals surface area contributed by atoms with Crippen molar-refractivity contribution in [1.82, 2.24) is 0 Å². The van der Waals surface area contributed by atoms with E-state index in [-0.39, 0.29) is 11.8 Å². The van der Waals surface area contributed by atoms with Crippen LogP contribution in [0.15, 0.2) is 46.9 Å². The number of benzene rings is 2. The maximum absolute atomic E-state index is 12.6. The van der Waals surface area contributed by atoms with Crippen molar-refractivity contribution in [1.29, 1.82) is 0 Å². The molecule has 1 amide bonds. The summed E-state index contributed by atoms with van der Waals surface area (Å²) in [5.41, 5.74) is 2.82. The molecule has 2 N–H and O–H groups in total. The Labute approximate surface area is 136 Å². The van der Waals surface area contributed by atoms with E-state index >= 15 is 0 Å². The molecule has 3 rings (SSSR count). The summed E-state index contributed by atoms with van der Waals surface area (Å²) in [6, 6.07) is 13.3. The zero-order valence-corrected chi connectivity index (χ0v) is 13.5. The third-order valence-electron chi connectivity index (χ3n) is 3.59. The van der Waals surface area contributed by atoms with E-state index in [1.165, 1.54) is 0 Å². The summed E-state index contributed by atoms with van der Waals surface area (Å²) < 4.78 is 0.783. The van der Waals surface area contributed by atoms with Gasteiger partial charge in [0.05, 0.1) is 11.6 Å². The average Bonchev–Trinajstić information content (AvgIpc) is 2.49. The Hall–Kier alpha value is -1.52. The quantitative estimate of drug-likeness (QED) is 0.814. The number of nitrogens with one attached hydrogen (secondary N) is 2. The van der Waals surface area contributed by atoms with Crippen molar-refractivity contribution < 1.29 is 4.79 Å². The van der Waals surface area contributed by atoms with E-state index in [1.807, 2.05) is 24.3 Å². The molecule has 1 aliphatic rings. The summed E-state index contributed by atoms with van der Waals surface area (Å²) in [5, 5.41) is 6.93. The molecule has 5 heteroatoms. The predicted octanol–water partition coefficient (Wildman–Crippen LogP) is 4.64. The number of carbonyl (C=O) groups is 1. The third kappa shape index (κ3) is 3.06. The van der Waals surface area contributed by atoms with Crippen LogP contribution in [0.3, 0.4) is 0 Å². The first-order chi connectivity index (χ1) is 10.1. The van der Waals surface area contributed by atoms with Crippen molar-refractivity contribution in [3.8, 4) is 0 Å². The van der Waals surface area contributed by atoms with Gasteiger partial charge in [0, 0.05) is 21.7 Å². The first kappa shape index (κ1) is 14.4. The van der Waals surface area contributed by atoms with E-state index < -0.39 is 0 Å². The van der Waals surface area contributed by atoms with E-state index in [9.17, 15) is 4.79 Å². The second-order valence-electron chi connectivity index (χ2n) is 4.97. The lowest BCUT2D eigenvalue weighted by atomic mass is 9.90. The van der Waals surface area contributed by atoms with Crippen LogP contribution in [0.2, 0.25) is 5.02 Å². The Bertz CT molecular complexity index is 690. The predicted molar refractivity (Wildman–Crippen MR) is 90.1 cm³/mol. The number of para-hydroxylation sites is 1. The van der Waals surface area contributed by atoms with Gasteiger partial charge in [-0.15, -0.1) is 0 Å². The summed E-state index contributed by atoms with van der Waals surface area (Å²) in [6.45, 7) is 0.802. The number of amides is 1. The molecule has 0 saturated carbocycles. The van der Waals surface area contributed by atoms with Gasteiger partial charge in [-0.2, -0.15) is 0 Å². The normalized spacial score (nSPS) is 16.8. The highest BCUT2D eigenvalue weighted by Crippen LogP contribution is 2.33. The summed E-state index contributed by atoms with van der Waals surface area (Å²) in [7, 11) is 0. The highest BCUT2D eigenvalue weighted by Gasteiger charge is 2.26. The van der Waals surface area contributed by atoms with Crippen molar-refractivity contribution >= 4 is 44.8 Å². The van der Waals surface area contributed by atoms with Crippen LogP contribution >= 0.6 is 27.5 Å². The third-order valence-corrected chi connectivity index (χ3v) is 4.48. The van der Waals surface area contributed by atoms with Gasteiger partial charge in [-0.1, -0.05) is 29.8 Å². The molecule has 0 aromatic heterocycles. The van der Waals surface area contributed by atoms with Gasteiger partial charge in [-0.3, -0.25) is 4.79 Å². The standard InChI is InChI=1S/C16H14BrClN2O/c17-13-9-10(18)5-6-15(13)20-16(21)12-7-8-19-14-4-2-1-3-11(12)14/h1-6,9,12,19H,7-8H2,(H,20,21). The molecule has 21 heavy (non-hydrogen) atoms. The summed E-state index contributed by atoms with van der Waals surface area (Å²) in [6.07, 6.45) is 0.786. The van der Waals surface area contributed by atoms with Crippen molar-refractivity contribution in [2.45, 2.75) is 12.3 Å². The molecule has 2 aromatic carbocycles. The maximum atomic E-state index is 12.6. The number of hydrogen-bond acceptors (Lipinski definition) is 2. The number of fused-ring (bicyclic) bond motifs is 1. The molecule has 1 heterocycles. The van der Waals surface area contributed by atoms with Crippen LogP contribution in [0.4, 0.5) is 11.4 Å². The fourth-order valence-electron chi connectivity index (χ4n) is 2.55. The number of anilines is 2. The zero-order valence-electron chi connectivity index (χ0n) is 11.2. The fourth-order valence-corrected chi connectivity index (χ4v) is 3.33. The SMILES string of the molecule is O=C(Nc1ccc(Cl)cc1Br)C1CCNc2ccccc21. The molecule has 1 aliphatic heterocycles. The van der Waals surface area contributed by atoms with Crippen LogP contribution in [0.5, 0.6) is 0 Å². The molecule has 0 fully saturated rings. The number of hydrogen-bond donors (Lipinski definition) is 2. The number of carbonyl (C=O) groups excluding carboxylic acids is 1. The van der Waals surface area contributed by atoms with Gasteiger partial charge in [-0.25, -0.2) is 0 Å². The van der Waals surface area contributed by atoms with Gasteiger partial charge in [0.1, 0.15) is 0 Å². The summed E-state index contributed by atoms with van der Waals surface area (Å²) in [4.78, 5) is 12.6. The molecule has 3 nitrogen and oxygen atoms in total. The summed E-state index contributed by atoms with van der Waals surface area (Å²) >= 11 is 9.34. The first-order valence-corrected chi connectivity index (χ1v) is 7.91. The fraction of sp³-hybridized carbons (Fsp3) is 0.188. The second-order valence-corrected chi connectivity index (χ2v) is 6.26. The van der Waals surface area contributed by atoms with Crippen molar-refractivity contribution in [2.75, 3.05) is 17.2 Å². The van der Waals surface area contributed by atoms with Crippen molar-refractivity contribution in [3.63, 3.8) is 0 Å². The van der Waals surface area contributed by atoms with E-state index in [0.29, 0.717) is 5.02 Å². The molecule has 2 aromatic rings. The lowest BCUT2D eigenvalue weighted by Gasteiger charge is -2.26. The molecule has 1 unspecified atom stereocenters. The highest BCUT2D eigenvalue weighted by molar-refractivity contribution is 9.10. The molecule has 0 radical (unpaired) electrons. The Morgan fingerprint density at radius 3 is 2.90 bits per heavy atom. The van der Waals surface area contributed by atoms with Crippen LogP contribution in [0, 0.1) is 0 Å². The lowest BCUT2D eigenvalue weighted by molar-refractivity contribution is -0.117. The van der Waals surface area contributed by atoms with Gasteiger partial charge < -0.3 is 10.6 Å². The van der Waals surface area contributed by atoms with Gasteiger partial charge in [0.15, 0.2) is 0 Å². The first-order valence-electron chi connectivity index (χ1n) is 6.74. The molecular weight excluding hydrogens is 352 g/mol. The van der Waals surface area contributed by atoms with Gasteiger partial charge in [0.2, 0.25) is 5.91 Å². The van der Waals surface area contributed by atoms with Crippen LogP contribution < -0.4 is 10.6 Å². The number of rotatable bonds is 2. The highest BCUT2D eigenvalue weighted by atomic mass is 79.9. The monoisotopic (exact) mass is 364 g/mol. The molecule has 0 aliphatic carbocycles.